The SMILES string of the molecule is C=C(C)C(=O)OC1c2ccccc2COc2ccccc21. The molecule has 0 spiro atoms. The third-order valence-electron chi connectivity index (χ3n) is 3.50. The topological polar surface area (TPSA) is 35.5 Å². The van der Waals surface area contributed by atoms with Crippen molar-refractivity contribution in [3.63, 3.8) is 0 Å². The lowest BCUT2D eigenvalue weighted by Gasteiger charge is -2.19. The van der Waals surface area contributed by atoms with Crippen LogP contribution in [0.4, 0.5) is 0 Å². The van der Waals surface area contributed by atoms with Crippen LogP contribution in [0.15, 0.2) is 60.7 Å². The van der Waals surface area contributed by atoms with Gasteiger partial charge in [0.15, 0.2) is 6.10 Å². The van der Waals surface area contributed by atoms with Crippen molar-refractivity contribution >= 4 is 5.97 Å². The lowest BCUT2D eigenvalue weighted by atomic mass is 9.97. The van der Waals surface area contributed by atoms with Gasteiger partial charge in [0.25, 0.3) is 0 Å². The number of hydrogen-bond acceptors (Lipinski definition) is 3. The summed E-state index contributed by atoms with van der Waals surface area (Å²) >= 11 is 0. The summed E-state index contributed by atoms with van der Waals surface area (Å²) in [5.41, 5.74) is 3.22. The highest BCUT2D eigenvalue weighted by molar-refractivity contribution is 5.87. The Balaban J connectivity index is 2.11. The highest BCUT2D eigenvalue weighted by Gasteiger charge is 2.27. The molecule has 0 amide bonds. The molecule has 0 saturated carbocycles. The fraction of sp³-hybridized carbons (Fsp3) is 0.167. The molecule has 0 aromatic heterocycles. The fourth-order valence-corrected chi connectivity index (χ4v) is 2.41. The van der Waals surface area contributed by atoms with Gasteiger partial charge in [-0.3, -0.25) is 0 Å². The summed E-state index contributed by atoms with van der Waals surface area (Å²) in [6, 6.07) is 15.5. The monoisotopic (exact) mass is 280 g/mol. The van der Waals surface area contributed by atoms with E-state index in [0.717, 1.165) is 22.4 Å². The molecule has 3 heteroatoms. The second-order valence-electron chi connectivity index (χ2n) is 5.09. The van der Waals surface area contributed by atoms with Crippen LogP contribution in [0.3, 0.4) is 0 Å². The number of rotatable bonds is 2. The Bertz CT molecular complexity index is 656. The Morgan fingerprint density at radius 1 is 1.14 bits per heavy atom. The van der Waals surface area contributed by atoms with Crippen molar-refractivity contribution in [2.24, 2.45) is 0 Å². The van der Waals surface area contributed by atoms with E-state index < -0.39 is 12.1 Å². The molecule has 2 aromatic carbocycles. The Labute approximate surface area is 123 Å². The van der Waals surface area contributed by atoms with Crippen LogP contribution in [-0.4, -0.2) is 5.97 Å². The summed E-state index contributed by atoms with van der Waals surface area (Å²) in [7, 11) is 0. The van der Waals surface area contributed by atoms with Crippen LogP contribution < -0.4 is 4.74 Å². The molecule has 3 rings (SSSR count). The molecule has 1 atom stereocenters. The Morgan fingerprint density at radius 3 is 2.57 bits per heavy atom. The van der Waals surface area contributed by atoms with Gasteiger partial charge in [-0.25, -0.2) is 4.79 Å². The standard InChI is InChI=1S/C18H16O3/c1-12(2)18(19)21-17-14-8-4-3-7-13(14)11-20-16-10-6-5-9-15(16)17/h3-10,17H,1,11H2,2H3. The maximum Gasteiger partial charge on any atom is 0.334 e. The molecule has 0 fully saturated rings. The van der Waals surface area contributed by atoms with E-state index in [2.05, 4.69) is 6.58 Å². The normalized spacial score (nSPS) is 16.0. The zero-order valence-electron chi connectivity index (χ0n) is 11.8. The largest absolute Gasteiger partial charge is 0.488 e. The summed E-state index contributed by atoms with van der Waals surface area (Å²) in [6.07, 6.45) is -0.468. The first kappa shape index (κ1) is 13.4. The summed E-state index contributed by atoms with van der Waals surface area (Å²) in [4.78, 5) is 12.0. The molecule has 0 bridgehead atoms. The van der Waals surface area contributed by atoms with Gasteiger partial charge in [-0.1, -0.05) is 49.0 Å². The zero-order chi connectivity index (χ0) is 14.8. The van der Waals surface area contributed by atoms with Crippen LogP contribution in [0.25, 0.3) is 0 Å². The van der Waals surface area contributed by atoms with E-state index in [1.807, 2.05) is 48.5 Å². The van der Waals surface area contributed by atoms with E-state index in [1.54, 1.807) is 6.92 Å². The van der Waals surface area contributed by atoms with Gasteiger partial charge in [0.2, 0.25) is 0 Å². The maximum absolute atomic E-state index is 12.0. The van der Waals surface area contributed by atoms with Crippen molar-refractivity contribution in [2.45, 2.75) is 19.6 Å². The summed E-state index contributed by atoms with van der Waals surface area (Å²) in [5.74, 6) is 0.347. The number of benzene rings is 2. The fourth-order valence-electron chi connectivity index (χ4n) is 2.41. The molecule has 0 N–H and O–H groups in total. The minimum atomic E-state index is -0.468. The van der Waals surface area contributed by atoms with E-state index in [0.29, 0.717) is 12.2 Å². The van der Waals surface area contributed by atoms with Gasteiger partial charge < -0.3 is 9.47 Å². The number of carbonyl (C=O) groups excluding carboxylic acids is 1. The van der Waals surface area contributed by atoms with Crippen molar-refractivity contribution in [1.82, 2.24) is 0 Å². The van der Waals surface area contributed by atoms with Gasteiger partial charge in [0.1, 0.15) is 12.4 Å². The Hall–Kier alpha value is -2.55. The molecule has 1 aliphatic rings. The molecule has 0 aliphatic carbocycles. The zero-order valence-corrected chi connectivity index (χ0v) is 11.8. The Kier molecular flexibility index (Phi) is 3.48. The van der Waals surface area contributed by atoms with Crippen LogP contribution in [0.2, 0.25) is 0 Å². The number of esters is 1. The molecule has 3 nitrogen and oxygen atoms in total. The average molecular weight is 280 g/mol. The lowest BCUT2D eigenvalue weighted by molar-refractivity contribution is -0.142. The molecule has 1 aliphatic heterocycles. The van der Waals surface area contributed by atoms with Gasteiger partial charge in [0, 0.05) is 16.7 Å². The minimum absolute atomic E-state index is 0.384. The molecular formula is C18H16O3. The number of ether oxygens (including phenoxy) is 2. The van der Waals surface area contributed by atoms with Crippen LogP contribution in [0.1, 0.15) is 29.7 Å². The first-order chi connectivity index (χ1) is 10.2. The molecule has 2 aromatic rings. The number of para-hydroxylation sites is 1. The summed E-state index contributed by atoms with van der Waals surface area (Å²) in [6.45, 7) is 5.76. The van der Waals surface area contributed by atoms with Crippen molar-refractivity contribution in [3.05, 3.63) is 77.4 Å². The predicted octanol–water partition coefficient (Wildman–Crippen LogP) is 3.79. The highest BCUT2D eigenvalue weighted by Crippen LogP contribution is 2.38. The highest BCUT2D eigenvalue weighted by atomic mass is 16.5. The van der Waals surface area contributed by atoms with E-state index in [4.69, 9.17) is 9.47 Å². The molecular weight excluding hydrogens is 264 g/mol. The van der Waals surface area contributed by atoms with Gasteiger partial charge in [-0.15, -0.1) is 0 Å². The first-order valence-electron chi connectivity index (χ1n) is 6.83. The molecule has 0 saturated heterocycles. The first-order valence-corrected chi connectivity index (χ1v) is 6.83. The van der Waals surface area contributed by atoms with Crippen molar-refractivity contribution in [1.29, 1.82) is 0 Å². The third-order valence-corrected chi connectivity index (χ3v) is 3.50. The van der Waals surface area contributed by atoms with E-state index >= 15 is 0 Å². The maximum atomic E-state index is 12.0. The van der Waals surface area contributed by atoms with E-state index in [9.17, 15) is 4.79 Å². The van der Waals surface area contributed by atoms with Gasteiger partial charge in [-0.2, -0.15) is 0 Å². The second kappa shape index (κ2) is 5.44. The van der Waals surface area contributed by atoms with Crippen LogP contribution in [0, 0.1) is 0 Å². The smallest absolute Gasteiger partial charge is 0.334 e. The number of hydrogen-bond donors (Lipinski definition) is 0. The lowest BCUT2D eigenvalue weighted by Crippen LogP contribution is -2.13. The van der Waals surface area contributed by atoms with Crippen molar-refractivity contribution in [3.8, 4) is 5.75 Å². The number of fused-ring (bicyclic) bond motifs is 2. The molecule has 21 heavy (non-hydrogen) atoms. The van der Waals surface area contributed by atoms with Crippen molar-refractivity contribution < 1.29 is 14.3 Å². The third kappa shape index (κ3) is 2.55. The van der Waals surface area contributed by atoms with Gasteiger partial charge in [0.05, 0.1) is 0 Å². The van der Waals surface area contributed by atoms with Crippen LogP contribution in [-0.2, 0) is 16.1 Å². The molecule has 0 radical (unpaired) electrons. The summed E-state index contributed by atoms with van der Waals surface area (Å²) < 4.78 is 11.5. The van der Waals surface area contributed by atoms with Gasteiger partial charge >= 0.3 is 5.97 Å². The van der Waals surface area contributed by atoms with E-state index in [1.165, 1.54) is 0 Å². The van der Waals surface area contributed by atoms with Crippen LogP contribution in [0.5, 0.6) is 5.75 Å². The van der Waals surface area contributed by atoms with Crippen molar-refractivity contribution in [2.75, 3.05) is 0 Å². The molecule has 106 valence electrons. The Morgan fingerprint density at radius 2 is 1.81 bits per heavy atom. The molecule has 1 heterocycles. The predicted molar refractivity (Wildman–Crippen MR) is 80.0 cm³/mol. The second-order valence-corrected chi connectivity index (χ2v) is 5.09. The minimum Gasteiger partial charge on any atom is -0.488 e. The average Bonchev–Trinajstić information content (AvgIpc) is 2.65. The van der Waals surface area contributed by atoms with E-state index in [-0.39, 0.29) is 0 Å². The quantitative estimate of drug-likeness (QED) is 0.620. The van der Waals surface area contributed by atoms with Gasteiger partial charge in [-0.05, 0) is 18.6 Å². The molecule has 1 unspecified atom stereocenters. The van der Waals surface area contributed by atoms with Crippen LogP contribution >= 0.6 is 0 Å². The summed E-state index contributed by atoms with van der Waals surface area (Å²) in [5, 5.41) is 0. The number of carbonyl (C=O) groups is 1.